The Balaban J connectivity index is 1.43. The van der Waals surface area contributed by atoms with Gasteiger partial charge >= 0.3 is 0 Å². The van der Waals surface area contributed by atoms with Gasteiger partial charge in [0.1, 0.15) is 29.0 Å². The fourth-order valence-electron chi connectivity index (χ4n) is 3.07. The van der Waals surface area contributed by atoms with Crippen molar-refractivity contribution in [3.8, 4) is 17.5 Å². The van der Waals surface area contributed by atoms with E-state index in [1.807, 2.05) is 30.3 Å². The number of halogens is 1. The van der Waals surface area contributed by atoms with Gasteiger partial charge in [-0.3, -0.25) is 4.79 Å². The predicted octanol–water partition coefficient (Wildman–Crippen LogP) is 3.37. The fourth-order valence-corrected chi connectivity index (χ4v) is 3.07. The molecule has 1 amide bonds. The molecule has 1 heterocycles. The Morgan fingerprint density at radius 3 is 2.61 bits per heavy atom. The molecule has 0 aliphatic heterocycles. The number of hydrogen-bond acceptors (Lipinski definition) is 5. The highest BCUT2D eigenvalue weighted by Gasteiger charge is 2.16. The van der Waals surface area contributed by atoms with Gasteiger partial charge in [-0.2, -0.15) is 10.4 Å². The van der Waals surface area contributed by atoms with Gasteiger partial charge in [0.15, 0.2) is 0 Å². The number of hydrogen-bond donors (Lipinski definition) is 2. The third kappa shape index (κ3) is 6.06. The molecule has 1 aromatic heterocycles. The second-order valence-corrected chi connectivity index (χ2v) is 6.93. The lowest BCUT2D eigenvalue weighted by atomic mass is 10.1. The number of nitrogen functional groups attached to an aromatic ring is 1. The average molecular weight is 421 g/mol. The Hall–Kier alpha value is -3.86. The minimum Gasteiger partial charge on any atom is -0.494 e. The van der Waals surface area contributed by atoms with Crippen LogP contribution in [0.1, 0.15) is 30.5 Å². The number of benzene rings is 2. The molecule has 0 bridgehead atoms. The van der Waals surface area contributed by atoms with Crippen LogP contribution in [0, 0.1) is 17.1 Å². The summed E-state index contributed by atoms with van der Waals surface area (Å²) in [5.74, 6) is 0.591. The van der Waals surface area contributed by atoms with Crippen molar-refractivity contribution in [2.45, 2.75) is 25.7 Å². The molecule has 0 spiro atoms. The van der Waals surface area contributed by atoms with Crippen molar-refractivity contribution in [3.63, 3.8) is 0 Å². The van der Waals surface area contributed by atoms with E-state index in [0.29, 0.717) is 55.8 Å². The Morgan fingerprint density at radius 1 is 1.16 bits per heavy atom. The molecule has 8 heteroatoms. The largest absolute Gasteiger partial charge is 0.494 e. The molecule has 0 saturated carbocycles. The highest BCUT2D eigenvalue weighted by atomic mass is 19.1. The molecular formula is C23H24FN5O2. The number of nitrogens with two attached hydrogens (primary N) is 1. The smallest absolute Gasteiger partial charge is 0.220 e. The highest BCUT2D eigenvalue weighted by Crippen LogP contribution is 2.21. The summed E-state index contributed by atoms with van der Waals surface area (Å²) in [6.45, 7) is 0.940. The fraction of sp³-hybridized carbons (Fsp3) is 0.261. The van der Waals surface area contributed by atoms with Gasteiger partial charge in [0.2, 0.25) is 5.91 Å². The minimum atomic E-state index is -0.363. The van der Waals surface area contributed by atoms with Crippen LogP contribution in [-0.2, 0) is 11.2 Å². The highest BCUT2D eigenvalue weighted by molar-refractivity contribution is 5.75. The Labute approximate surface area is 180 Å². The number of nitriles is 1. The number of aromatic nitrogens is 2. The van der Waals surface area contributed by atoms with E-state index in [2.05, 4.69) is 16.5 Å². The van der Waals surface area contributed by atoms with Crippen LogP contribution >= 0.6 is 0 Å². The lowest BCUT2D eigenvalue weighted by Crippen LogP contribution is -2.25. The molecule has 3 rings (SSSR count). The standard InChI is InChI=1S/C23H24FN5O2/c24-17-10-12-18(13-11-17)29-23(26)20(16-25)21(28-29)8-4-14-27-22(30)9-5-15-31-19-6-2-1-3-7-19/h1-3,6-7,10-13H,4-5,8-9,14-15,26H2,(H,27,30). The molecular weight excluding hydrogens is 397 g/mol. The maximum atomic E-state index is 13.1. The van der Waals surface area contributed by atoms with Crippen molar-refractivity contribution in [2.24, 2.45) is 0 Å². The molecule has 2 aromatic carbocycles. The number of carbonyl (C=O) groups excluding carboxylic acids is 1. The van der Waals surface area contributed by atoms with Gasteiger partial charge in [0.25, 0.3) is 0 Å². The molecule has 0 aliphatic carbocycles. The summed E-state index contributed by atoms with van der Waals surface area (Å²) in [5, 5.41) is 16.7. The van der Waals surface area contributed by atoms with Crippen molar-refractivity contribution in [2.75, 3.05) is 18.9 Å². The number of rotatable bonds is 10. The summed E-state index contributed by atoms with van der Waals surface area (Å²) in [5.41, 5.74) is 7.48. The van der Waals surface area contributed by atoms with Gasteiger partial charge in [-0.05, 0) is 55.7 Å². The van der Waals surface area contributed by atoms with Crippen molar-refractivity contribution in [3.05, 3.63) is 71.7 Å². The van der Waals surface area contributed by atoms with Gasteiger partial charge in [-0.15, -0.1) is 0 Å². The number of para-hydroxylation sites is 1. The molecule has 0 aliphatic rings. The third-order valence-corrected chi connectivity index (χ3v) is 4.65. The quantitative estimate of drug-likeness (QED) is 0.488. The van der Waals surface area contributed by atoms with Gasteiger partial charge in [0, 0.05) is 13.0 Å². The molecule has 0 fully saturated rings. The number of amides is 1. The number of ether oxygens (including phenoxy) is 1. The molecule has 160 valence electrons. The van der Waals surface area contributed by atoms with Crippen LogP contribution in [0.15, 0.2) is 54.6 Å². The van der Waals surface area contributed by atoms with E-state index in [0.717, 1.165) is 5.75 Å². The minimum absolute atomic E-state index is 0.0477. The van der Waals surface area contributed by atoms with Crippen molar-refractivity contribution in [1.82, 2.24) is 15.1 Å². The lowest BCUT2D eigenvalue weighted by Gasteiger charge is -2.07. The number of carbonyl (C=O) groups is 1. The van der Waals surface area contributed by atoms with E-state index in [9.17, 15) is 14.4 Å². The maximum absolute atomic E-state index is 13.1. The summed E-state index contributed by atoms with van der Waals surface area (Å²) in [6, 6.07) is 17.3. The molecule has 3 N–H and O–H groups in total. The van der Waals surface area contributed by atoms with E-state index in [1.165, 1.54) is 16.8 Å². The Bertz CT molecular complexity index is 1040. The van der Waals surface area contributed by atoms with E-state index in [1.54, 1.807) is 12.1 Å². The van der Waals surface area contributed by atoms with Gasteiger partial charge in [-0.1, -0.05) is 18.2 Å². The summed E-state index contributed by atoms with van der Waals surface area (Å²) in [6.07, 6.45) is 2.10. The van der Waals surface area contributed by atoms with Crippen LogP contribution in [0.3, 0.4) is 0 Å². The zero-order chi connectivity index (χ0) is 22.1. The van der Waals surface area contributed by atoms with Crippen molar-refractivity contribution >= 4 is 11.7 Å². The maximum Gasteiger partial charge on any atom is 0.220 e. The first-order valence-electron chi connectivity index (χ1n) is 10.1. The number of anilines is 1. The van der Waals surface area contributed by atoms with Gasteiger partial charge in [-0.25, -0.2) is 9.07 Å². The summed E-state index contributed by atoms with van der Waals surface area (Å²) < 4.78 is 20.1. The van der Waals surface area contributed by atoms with Crippen LogP contribution in [0.2, 0.25) is 0 Å². The Morgan fingerprint density at radius 2 is 1.90 bits per heavy atom. The first-order chi connectivity index (χ1) is 15.1. The second kappa shape index (κ2) is 10.8. The molecule has 0 atom stereocenters. The van der Waals surface area contributed by atoms with Crippen LogP contribution in [0.25, 0.3) is 5.69 Å². The van der Waals surface area contributed by atoms with E-state index in [4.69, 9.17) is 10.5 Å². The number of nitrogens with one attached hydrogen (secondary N) is 1. The van der Waals surface area contributed by atoms with E-state index < -0.39 is 0 Å². The van der Waals surface area contributed by atoms with Crippen molar-refractivity contribution < 1.29 is 13.9 Å². The molecule has 0 radical (unpaired) electrons. The molecule has 3 aromatic rings. The molecule has 0 saturated heterocycles. The normalized spacial score (nSPS) is 10.5. The zero-order valence-corrected chi connectivity index (χ0v) is 17.1. The molecule has 0 unspecified atom stereocenters. The summed E-state index contributed by atoms with van der Waals surface area (Å²) >= 11 is 0. The average Bonchev–Trinajstić information content (AvgIpc) is 3.10. The Kier molecular flexibility index (Phi) is 7.60. The molecule has 31 heavy (non-hydrogen) atoms. The number of nitrogens with zero attached hydrogens (tertiary/aromatic N) is 3. The zero-order valence-electron chi connectivity index (χ0n) is 17.1. The van der Waals surface area contributed by atoms with Gasteiger partial charge in [0.05, 0.1) is 18.0 Å². The summed E-state index contributed by atoms with van der Waals surface area (Å²) in [7, 11) is 0. The van der Waals surface area contributed by atoms with E-state index >= 15 is 0 Å². The van der Waals surface area contributed by atoms with Crippen LogP contribution in [0.4, 0.5) is 10.2 Å². The first-order valence-corrected chi connectivity index (χ1v) is 10.1. The topological polar surface area (TPSA) is 106 Å². The van der Waals surface area contributed by atoms with Gasteiger partial charge < -0.3 is 15.8 Å². The van der Waals surface area contributed by atoms with Crippen LogP contribution in [-0.4, -0.2) is 28.8 Å². The van der Waals surface area contributed by atoms with Crippen LogP contribution in [0.5, 0.6) is 5.75 Å². The SMILES string of the molecule is N#Cc1c(CCCNC(=O)CCCOc2ccccc2)nn(-c2ccc(F)cc2)c1N. The third-order valence-electron chi connectivity index (χ3n) is 4.65. The van der Waals surface area contributed by atoms with Crippen LogP contribution < -0.4 is 15.8 Å². The second-order valence-electron chi connectivity index (χ2n) is 6.93. The summed E-state index contributed by atoms with van der Waals surface area (Å²) in [4.78, 5) is 12.0. The number of aryl methyl sites for hydroxylation is 1. The predicted molar refractivity (Wildman–Crippen MR) is 115 cm³/mol. The van der Waals surface area contributed by atoms with Crippen molar-refractivity contribution in [1.29, 1.82) is 5.26 Å². The van der Waals surface area contributed by atoms with E-state index in [-0.39, 0.29) is 17.5 Å². The molecule has 7 nitrogen and oxygen atoms in total. The first kappa shape index (κ1) is 21.8. The lowest BCUT2D eigenvalue weighted by molar-refractivity contribution is -0.121. The monoisotopic (exact) mass is 421 g/mol.